The molecule has 3 aliphatic rings. The number of anilines is 2. The predicted octanol–water partition coefficient (Wildman–Crippen LogP) is 4.04. The van der Waals surface area contributed by atoms with Crippen LogP contribution in [0.5, 0.6) is 0 Å². The minimum atomic E-state index is -0.393. The first-order valence-corrected chi connectivity index (χ1v) is 10.5. The lowest BCUT2D eigenvalue weighted by atomic mass is 9.81. The third kappa shape index (κ3) is 3.38. The van der Waals surface area contributed by atoms with Gasteiger partial charge >= 0.3 is 0 Å². The van der Waals surface area contributed by atoms with Crippen LogP contribution in [0.1, 0.15) is 57.8 Å². The lowest BCUT2D eigenvalue weighted by Crippen LogP contribution is -2.31. The zero-order chi connectivity index (χ0) is 19.7. The molecule has 28 heavy (non-hydrogen) atoms. The van der Waals surface area contributed by atoms with Crippen molar-refractivity contribution < 1.29 is 14.5 Å². The van der Waals surface area contributed by atoms with Crippen LogP contribution >= 0.6 is 0 Å². The van der Waals surface area contributed by atoms with Gasteiger partial charge in [0.05, 0.1) is 22.4 Å². The molecule has 1 saturated carbocycles. The Morgan fingerprint density at radius 3 is 2.00 bits per heavy atom. The Balaban J connectivity index is 1.66. The SMILES string of the molecule is O=C1[C@@H]2CCCC[C@H]2C(=O)N1c1ccc(N2CCCCCCC2)c([N+](=O)[O-])c1. The maximum atomic E-state index is 12.8. The van der Waals surface area contributed by atoms with Crippen molar-refractivity contribution in [2.45, 2.75) is 57.8 Å². The van der Waals surface area contributed by atoms with Crippen LogP contribution in [0.4, 0.5) is 17.1 Å². The zero-order valence-electron chi connectivity index (χ0n) is 16.1. The van der Waals surface area contributed by atoms with Crippen LogP contribution in [0.25, 0.3) is 0 Å². The van der Waals surface area contributed by atoms with E-state index in [-0.39, 0.29) is 29.3 Å². The smallest absolute Gasteiger partial charge is 0.294 e. The maximum absolute atomic E-state index is 12.8. The number of benzene rings is 1. The van der Waals surface area contributed by atoms with Gasteiger partial charge in [-0.15, -0.1) is 0 Å². The van der Waals surface area contributed by atoms with E-state index in [0.29, 0.717) is 11.4 Å². The summed E-state index contributed by atoms with van der Waals surface area (Å²) in [6.07, 6.45) is 8.93. The van der Waals surface area contributed by atoms with Gasteiger partial charge in [0.2, 0.25) is 11.8 Å². The van der Waals surface area contributed by atoms with E-state index in [2.05, 4.69) is 4.90 Å². The highest BCUT2D eigenvalue weighted by Gasteiger charge is 2.49. The number of nitrogens with zero attached hydrogens (tertiary/aromatic N) is 3. The van der Waals surface area contributed by atoms with Crippen molar-refractivity contribution in [2.24, 2.45) is 11.8 Å². The summed E-state index contributed by atoms with van der Waals surface area (Å²) in [5.74, 6) is -0.894. The Kier molecular flexibility index (Phi) is 5.33. The van der Waals surface area contributed by atoms with E-state index in [1.165, 1.54) is 17.4 Å². The quantitative estimate of drug-likeness (QED) is 0.445. The minimum Gasteiger partial charge on any atom is -0.366 e. The molecule has 4 rings (SSSR count). The lowest BCUT2D eigenvalue weighted by Gasteiger charge is -2.27. The molecule has 7 heteroatoms. The Hall–Kier alpha value is -2.44. The van der Waals surface area contributed by atoms with Crippen molar-refractivity contribution in [3.63, 3.8) is 0 Å². The van der Waals surface area contributed by atoms with Crippen molar-refractivity contribution in [3.05, 3.63) is 28.3 Å². The van der Waals surface area contributed by atoms with Crippen molar-refractivity contribution >= 4 is 28.9 Å². The molecule has 2 saturated heterocycles. The second kappa shape index (κ2) is 7.89. The molecule has 2 heterocycles. The molecule has 2 aliphatic heterocycles. The van der Waals surface area contributed by atoms with E-state index >= 15 is 0 Å². The van der Waals surface area contributed by atoms with E-state index in [4.69, 9.17) is 0 Å². The molecule has 2 amide bonds. The fourth-order valence-corrected chi connectivity index (χ4v) is 4.97. The molecule has 0 unspecified atom stereocenters. The van der Waals surface area contributed by atoms with Gasteiger partial charge in [-0.05, 0) is 37.8 Å². The number of carbonyl (C=O) groups excluding carboxylic acids is 2. The van der Waals surface area contributed by atoms with Crippen LogP contribution in [0, 0.1) is 22.0 Å². The van der Waals surface area contributed by atoms with Gasteiger partial charge in [-0.25, -0.2) is 4.90 Å². The van der Waals surface area contributed by atoms with Crippen molar-refractivity contribution in [1.29, 1.82) is 0 Å². The van der Waals surface area contributed by atoms with Crippen LogP contribution in [0.15, 0.2) is 18.2 Å². The summed E-state index contributed by atoms with van der Waals surface area (Å²) in [6.45, 7) is 1.60. The number of amides is 2. The van der Waals surface area contributed by atoms with E-state index in [9.17, 15) is 19.7 Å². The number of nitro groups is 1. The third-order valence-corrected chi connectivity index (χ3v) is 6.45. The lowest BCUT2D eigenvalue weighted by molar-refractivity contribution is -0.384. The van der Waals surface area contributed by atoms with Crippen molar-refractivity contribution in [1.82, 2.24) is 0 Å². The van der Waals surface area contributed by atoms with Gasteiger partial charge in [0.1, 0.15) is 5.69 Å². The van der Waals surface area contributed by atoms with Crippen LogP contribution in [-0.2, 0) is 9.59 Å². The van der Waals surface area contributed by atoms with Gasteiger partial charge in [0.15, 0.2) is 0 Å². The molecule has 1 aliphatic carbocycles. The van der Waals surface area contributed by atoms with Gasteiger partial charge in [-0.3, -0.25) is 19.7 Å². The summed E-state index contributed by atoms with van der Waals surface area (Å²) < 4.78 is 0. The summed E-state index contributed by atoms with van der Waals surface area (Å²) >= 11 is 0. The minimum absolute atomic E-state index is 0.0199. The van der Waals surface area contributed by atoms with E-state index in [0.717, 1.165) is 64.5 Å². The summed E-state index contributed by atoms with van der Waals surface area (Å²) in [7, 11) is 0. The van der Waals surface area contributed by atoms with Crippen molar-refractivity contribution in [2.75, 3.05) is 22.9 Å². The number of carbonyl (C=O) groups is 2. The highest BCUT2D eigenvalue weighted by atomic mass is 16.6. The number of imide groups is 1. The Bertz CT molecular complexity index is 762. The zero-order valence-corrected chi connectivity index (χ0v) is 16.1. The molecular weight excluding hydrogens is 358 g/mol. The molecule has 0 aromatic heterocycles. The predicted molar refractivity (Wildman–Crippen MR) is 106 cm³/mol. The summed E-state index contributed by atoms with van der Waals surface area (Å²) in [4.78, 5) is 40.3. The number of hydrogen-bond acceptors (Lipinski definition) is 5. The molecule has 2 atom stereocenters. The number of nitro benzene ring substituents is 1. The van der Waals surface area contributed by atoms with E-state index in [1.807, 2.05) is 0 Å². The molecule has 1 aromatic rings. The molecule has 0 radical (unpaired) electrons. The molecule has 7 nitrogen and oxygen atoms in total. The highest BCUT2D eigenvalue weighted by molar-refractivity contribution is 6.22. The second-order valence-corrected chi connectivity index (χ2v) is 8.19. The first-order chi connectivity index (χ1) is 13.6. The second-order valence-electron chi connectivity index (χ2n) is 8.19. The fraction of sp³-hybridized carbons (Fsp3) is 0.619. The molecule has 0 bridgehead atoms. The number of rotatable bonds is 3. The Morgan fingerprint density at radius 1 is 0.857 bits per heavy atom. The van der Waals surface area contributed by atoms with E-state index in [1.54, 1.807) is 12.1 Å². The maximum Gasteiger partial charge on any atom is 0.294 e. The average molecular weight is 385 g/mol. The standard InChI is InChI=1S/C21H27N3O4/c25-20-16-8-4-5-9-17(16)21(26)23(20)15-10-11-18(19(14-15)24(27)28)22-12-6-2-1-3-7-13-22/h10-11,14,16-17H,1-9,12-13H2/t16-,17-/m1/s1. The average Bonchev–Trinajstić information content (AvgIpc) is 2.92. The van der Waals surface area contributed by atoms with Crippen LogP contribution in [0.2, 0.25) is 0 Å². The van der Waals surface area contributed by atoms with Crippen LogP contribution < -0.4 is 9.80 Å². The molecule has 3 fully saturated rings. The topological polar surface area (TPSA) is 83.8 Å². The summed E-state index contributed by atoms with van der Waals surface area (Å²) in [6, 6.07) is 4.84. The van der Waals surface area contributed by atoms with Gasteiger partial charge < -0.3 is 4.90 Å². The number of fused-ring (bicyclic) bond motifs is 1. The first kappa shape index (κ1) is 18.9. The normalized spacial score (nSPS) is 26.0. The van der Waals surface area contributed by atoms with Gasteiger partial charge in [0.25, 0.3) is 5.69 Å². The van der Waals surface area contributed by atoms with Gasteiger partial charge in [0, 0.05) is 19.2 Å². The van der Waals surface area contributed by atoms with Gasteiger partial charge in [-0.1, -0.05) is 32.1 Å². The molecule has 150 valence electrons. The molecule has 0 N–H and O–H groups in total. The highest BCUT2D eigenvalue weighted by Crippen LogP contribution is 2.42. The Morgan fingerprint density at radius 2 is 1.43 bits per heavy atom. The molecular formula is C21H27N3O4. The van der Waals surface area contributed by atoms with Gasteiger partial charge in [-0.2, -0.15) is 0 Å². The number of hydrogen-bond donors (Lipinski definition) is 0. The third-order valence-electron chi connectivity index (χ3n) is 6.45. The van der Waals surface area contributed by atoms with Crippen LogP contribution in [0.3, 0.4) is 0 Å². The van der Waals surface area contributed by atoms with E-state index < -0.39 is 4.92 Å². The first-order valence-electron chi connectivity index (χ1n) is 10.5. The molecule has 0 spiro atoms. The summed E-state index contributed by atoms with van der Waals surface area (Å²) in [5, 5.41) is 11.8. The molecule has 1 aromatic carbocycles. The van der Waals surface area contributed by atoms with Crippen LogP contribution in [-0.4, -0.2) is 29.8 Å². The fourth-order valence-electron chi connectivity index (χ4n) is 4.97. The monoisotopic (exact) mass is 385 g/mol. The summed E-state index contributed by atoms with van der Waals surface area (Å²) in [5.41, 5.74) is 0.910. The van der Waals surface area contributed by atoms with Crippen molar-refractivity contribution in [3.8, 4) is 0 Å². The Labute approximate surface area is 164 Å². The largest absolute Gasteiger partial charge is 0.366 e.